The van der Waals surface area contributed by atoms with Crippen LogP contribution in [0.5, 0.6) is 5.75 Å². The molecule has 36 heavy (non-hydrogen) atoms. The number of ether oxygens (including phenoxy) is 1. The number of carboxylic acid groups (broad SMARTS) is 1. The minimum absolute atomic E-state index is 0.0689. The van der Waals surface area contributed by atoms with E-state index in [0.717, 1.165) is 15.3 Å². The number of carbonyl (C=O) groups is 2. The van der Waals surface area contributed by atoms with Crippen LogP contribution in [0.4, 0.5) is 0 Å². The maximum atomic E-state index is 13.6. The number of benzene rings is 2. The Morgan fingerprint density at radius 3 is 2.36 bits per heavy atom. The third-order valence-corrected chi connectivity index (χ3v) is 6.98. The number of para-hydroxylation sites is 1. The van der Waals surface area contributed by atoms with Gasteiger partial charge in [-0.15, -0.1) is 11.3 Å². The summed E-state index contributed by atoms with van der Waals surface area (Å²) in [5.74, 6) is -3.69. The Bertz CT molecular complexity index is 1130. The highest BCUT2D eigenvalue weighted by atomic mass is 32.1. The van der Waals surface area contributed by atoms with Crippen molar-refractivity contribution in [1.29, 1.82) is 0 Å². The molecule has 3 N–H and O–H groups in total. The Morgan fingerprint density at radius 2 is 1.72 bits per heavy atom. The van der Waals surface area contributed by atoms with Crippen molar-refractivity contribution in [3.8, 4) is 16.2 Å². The zero-order valence-corrected chi connectivity index (χ0v) is 21.4. The summed E-state index contributed by atoms with van der Waals surface area (Å²) in [6.45, 7) is 3.93. The largest absolute Gasteiger partial charge is 0.493 e. The highest BCUT2D eigenvalue weighted by Gasteiger charge is 2.42. The van der Waals surface area contributed by atoms with E-state index < -0.39 is 23.8 Å². The van der Waals surface area contributed by atoms with Crippen LogP contribution in [0.1, 0.15) is 61.9 Å². The van der Waals surface area contributed by atoms with Crippen LogP contribution in [-0.2, 0) is 10.7 Å². The molecule has 192 valence electrons. The Balaban J connectivity index is 1.81. The fourth-order valence-corrected chi connectivity index (χ4v) is 4.66. The van der Waals surface area contributed by atoms with Gasteiger partial charge in [0.2, 0.25) is 0 Å². The molecule has 1 aromatic heterocycles. The van der Waals surface area contributed by atoms with E-state index in [4.69, 9.17) is 9.84 Å². The molecule has 8 heteroatoms. The lowest BCUT2D eigenvalue weighted by Crippen LogP contribution is -2.53. The molecule has 1 unspecified atom stereocenters. The van der Waals surface area contributed by atoms with E-state index in [-0.39, 0.29) is 24.3 Å². The van der Waals surface area contributed by atoms with E-state index in [1.807, 2.05) is 36.6 Å². The quantitative estimate of drug-likeness (QED) is 0.207. The van der Waals surface area contributed by atoms with Gasteiger partial charge in [-0.3, -0.25) is 14.5 Å². The standard InChI is InChI=1S/C28H33NO6S/c1-3-20(2)29(27(32)22-16-14-21(15-17-22)25-12-9-19-36-25)28(33,34)23-10-6-7-11-24(23)35-18-8-4-5-13-26(30)31/h6-7,9-12,14-17,19-20,33-34H,3-5,8,13,18H2,1-2H3,(H,30,31). The Kier molecular flexibility index (Phi) is 9.64. The van der Waals surface area contributed by atoms with Gasteiger partial charge in [-0.05, 0) is 73.9 Å². The molecule has 1 atom stereocenters. The van der Waals surface area contributed by atoms with Crippen molar-refractivity contribution in [2.24, 2.45) is 0 Å². The molecule has 1 heterocycles. The Hall–Kier alpha value is -3.20. The lowest BCUT2D eigenvalue weighted by Gasteiger charge is -2.40. The van der Waals surface area contributed by atoms with Crippen LogP contribution >= 0.6 is 11.3 Å². The summed E-state index contributed by atoms with van der Waals surface area (Å²) >= 11 is 1.60. The van der Waals surface area contributed by atoms with Gasteiger partial charge in [0.15, 0.2) is 0 Å². The fourth-order valence-electron chi connectivity index (χ4n) is 3.93. The molecule has 1 amide bonds. The van der Waals surface area contributed by atoms with Crippen molar-refractivity contribution in [2.75, 3.05) is 6.61 Å². The van der Waals surface area contributed by atoms with Gasteiger partial charge in [0.05, 0.1) is 12.2 Å². The molecule has 0 fully saturated rings. The number of carboxylic acids is 1. The van der Waals surface area contributed by atoms with Crippen molar-refractivity contribution in [3.63, 3.8) is 0 Å². The SMILES string of the molecule is CCC(C)N(C(=O)c1ccc(-c2cccs2)cc1)C(O)(O)c1ccccc1OCCCCCC(=O)O. The number of aliphatic carboxylic acids is 1. The van der Waals surface area contributed by atoms with E-state index in [1.54, 1.807) is 48.6 Å². The monoisotopic (exact) mass is 511 g/mol. The second-order valence-electron chi connectivity index (χ2n) is 8.67. The molecule has 0 spiro atoms. The lowest BCUT2D eigenvalue weighted by molar-refractivity contribution is -0.266. The summed E-state index contributed by atoms with van der Waals surface area (Å²) in [7, 11) is 0. The first kappa shape index (κ1) is 27.4. The third-order valence-electron chi connectivity index (χ3n) is 6.06. The highest BCUT2D eigenvalue weighted by molar-refractivity contribution is 7.13. The third kappa shape index (κ3) is 6.72. The van der Waals surface area contributed by atoms with Crippen molar-refractivity contribution in [2.45, 2.75) is 57.9 Å². The number of hydrogen-bond donors (Lipinski definition) is 3. The van der Waals surface area contributed by atoms with Crippen LogP contribution in [0.2, 0.25) is 0 Å². The molecule has 0 aliphatic heterocycles. The highest BCUT2D eigenvalue weighted by Crippen LogP contribution is 2.35. The summed E-state index contributed by atoms with van der Waals surface area (Å²) in [4.78, 5) is 26.4. The average Bonchev–Trinajstić information content (AvgIpc) is 3.41. The number of hydrogen-bond acceptors (Lipinski definition) is 6. The maximum Gasteiger partial charge on any atom is 0.303 e. The van der Waals surface area contributed by atoms with Crippen LogP contribution in [0.25, 0.3) is 10.4 Å². The van der Waals surface area contributed by atoms with Gasteiger partial charge in [-0.2, -0.15) is 0 Å². The molecular weight excluding hydrogens is 478 g/mol. The van der Waals surface area contributed by atoms with E-state index in [0.29, 0.717) is 31.2 Å². The van der Waals surface area contributed by atoms with Crippen molar-refractivity contribution in [1.82, 2.24) is 4.90 Å². The minimum Gasteiger partial charge on any atom is -0.493 e. The molecule has 2 aromatic carbocycles. The van der Waals surface area contributed by atoms with Gasteiger partial charge in [0, 0.05) is 22.9 Å². The van der Waals surface area contributed by atoms with Crippen LogP contribution in [0, 0.1) is 0 Å². The van der Waals surface area contributed by atoms with Gasteiger partial charge in [-0.25, -0.2) is 0 Å². The molecule has 3 rings (SSSR count). The fraction of sp³-hybridized carbons (Fsp3) is 0.357. The molecule has 7 nitrogen and oxygen atoms in total. The predicted octanol–water partition coefficient (Wildman–Crippen LogP) is 5.47. The van der Waals surface area contributed by atoms with Crippen molar-refractivity contribution in [3.05, 3.63) is 77.2 Å². The number of rotatable bonds is 13. The smallest absolute Gasteiger partial charge is 0.303 e. The topological polar surface area (TPSA) is 107 Å². The molecular formula is C28H33NO6S. The van der Waals surface area contributed by atoms with Crippen LogP contribution in [0.15, 0.2) is 66.0 Å². The maximum absolute atomic E-state index is 13.6. The summed E-state index contributed by atoms with van der Waals surface area (Å²) in [6.07, 6.45) is 2.46. The van der Waals surface area contributed by atoms with Gasteiger partial charge in [-0.1, -0.05) is 37.3 Å². The number of carbonyl (C=O) groups excluding carboxylic acids is 1. The van der Waals surface area contributed by atoms with E-state index in [1.165, 1.54) is 6.07 Å². The number of aliphatic hydroxyl groups is 2. The van der Waals surface area contributed by atoms with Crippen LogP contribution in [-0.4, -0.2) is 44.7 Å². The normalized spacial score (nSPS) is 12.2. The summed E-state index contributed by atoms with van der Waals surface area (Å²) in [5, 5.41) is 33.5. The number of unbranched alkanes of at least 4 members (excludes halogenated alkanes) is 2. The first-order chi connectivity index (χ1) is 17.3. The molecule has 0 bridgehead atoms. The van der Waals surface area contributed by atoms with Crippen LogP contribution < -0.4 is 4.74 Å². The number of nitrogens with zero attached hydrogens (tertiary/aromatic N) is 1. The van der Waals surface area contributed by atoms with Gasteiger partial charge in [0.25, 0.3) is 11.8 Å². The number of thiophene rings is 1. The van der Waals surface area contributed by atoms with Crippen molar-refractivity contribution < 1.29 is 29.6 Å². The molecule has 3 aromatic rings. The Morgan fingerprint density at radius 1 is 1.00 bits per heavy atom. The molecule has 0 aliphatic rings. The van der Waals surface area contributed by atoms with Crippen molar-refractivity contribution >= 4 is 23.2 Å². The average molecular weight is 512 g/mol. The molecule has 0 aliphatic carbocycles. The Labute approximate surface area is 215 Å². The summed E-state index contributed by atoms with van der Waals surface area (Å²) < 4.78 is 5.83. The zero-order valence-electron chi connectivity index (χ0n) is 20.6. The van der Waals surface area contributed by atoms with Gasteiger partial charge in [0.1, 0.15) is 5.75 Å². The van der Waals surface area contributed by atoms with Crippen LogP contribution in [0.3, 0.4) is 0 Å². The number of amides is 1. The molecule has 0 saturated heterocycles. The second-order valence-corrected chi connectivity index (χ2v) is 9.62. The van der Waals surface area contributed by atoms with E-state index in [2.05, 4.69) is 0 Å². The lowest BCUT2D eigenvalue weighted by atomic mass is 10.0. The first-order valence-electron chi connectivity index (χ1n) is 12.1. The zero-order chi connectivity index (χ0) is 26.1. The summed E-state index contributed by atoms with van der Waals surface area (Å²) in [5.41, 5.74) is 1.40. The van der Waals surface area contributed by atoms with E-state index in [9.17, 15) is 19.8 Å². The molecule has 0 saturated carbocycles. The van der Waals surface area contributed by atoms with Gasteiger partial charge >= 0.3 is 5.97 Å². The second kappa shape index (κ2) is 12.7. The van der Waals surface area contributed by atoms with E-state index >= 15 is 0 Å². The molecule has 0 radical (unpaired) electrons. The summed E-state index contributed by atoms with van der Waals surface area (Å²) in [6, 6.07) is 17.1. The van der Waals surface area contributed by atoms with Gasteiger partial charge < -0.3 is 20.1 Å². The first-order valence-corrected chi connectivity index (χ1v) is 13.0. The predicted molar refractivity (Wildman–Crippen MR) is 140 cm³/mol. The minimum atomic E-state index is -2.61.